The Morgan fingerprint density at radius 1 is 1.20 bits per heavy atom. The smallest absolute Gasteiger partial charge is 0.412 e. The molecule has 20 heavy (non-hydrogen) atoms. The summed E-state index contributed by atoms with van der Waals surface area (Å²) in [4.78, 5) is 13.1. The van der Waals surface area contributed by atoms with Gasteiger partial charge >= 0.3 is 6.09 Å². The molecule has 0 fully saturated rings. The Balaban J connectivity index is 2.06. The summed E-state index contributed by atoms with van der Waals surface area (Å²) in [6.45, 7) is 2.05. The molecule has 1 N–H and O–H groups in total. The minimum absolute atomic E-state index is 0.314. The number of anilines is 3. The van der Waals surface area contributed by atoms with Crippen molar-refractivity contribution < 1.29 is 9.53 Å². The molecule has 1 aromatic carbocycles. The highest BCUT2D eigenvalue weighted by atomic mass is 16.5. The molecule has 6 nitrogen and oxygen atoms in total. The number of rotatable bonds is 4. The van der Waals surface area contributed by atoms with E-state index >= 15 is 0 Å². The first-order valence-corrected chi connectivity index (χ1v) is 6.27. The summed E-state index contributed by atoms with van der Waals surface area (Å²) in [7, 11) is 1.90. The van der Waals surface area contributed by atoms with Crippen LogP contribution in [0, 0.1) is 0 Å². The van der Waals surface area contributed by atoms with Crippen LogP contribution in [0.3, 0.4) is 0 Å². The number of hydrogen-bond acceptors (Lipinski definition) is 5. The number of para-hydroxylation sites is 1. The molecule has 2 aromatic rings. The molecule has 1 amide bonds. The van der Waals surface area contributed by atoms with Crippen LogP contribution >= 0.6 is 0 Å². The van der Waals surface area contributed by atoms with Crippen molar-refractivity contribution in [2.45, 2.75) is 6.92 Å². The van der Waals surface area contributed by atoms with E-state index in [1.807, 2.05) is 42.3 Å². The Morgan fingerprint density at radius 3 is 2.55 bits per heavy atom. The number of hydrogen-bond donors (Lipinski definition) is 1. The van der Waals surface area contributed by atoms with Gasteiger partial charge in [0.25, 0.3) is 0 Å². The lowest BCUT2D eigenvalue weighted by atomic mass is 10.3. The summed E-state index contributed by atoms with van der Waals surface area (Å²) >= 11 is 0. The predicted molar refractivity (Wildman–Crippen MR) is 77.2 cm³/mol. The van der Waals surface area contributed by atoms with E-state index in [2.05, 4.69) is 15.5 Å². The molecule has 2 rings (SSSR count). The maximum Gasteiger partial charge on any atom is 0.412 e. The molecule has 1 heterocycles. The standard InChI is InChI=1S/C14H16N4O2/c1-3-20-14(19)15-12-9-10-13(17-16-12)18(2)11-7-5-4-6-8-11/h4-10H,3H2,1-2H3,(H,15,16,19). The minimum Gasteiger partial charge on any atom is -0.450 e. The molecular weight excluding hydrogens is 256 g/mol. The maximum atomic E-state index is 11.2. The average molecular weight is 272 g/mol. The van der Waals surface area contributed by atoms with Crippen LogP contribution in [-0.2, 0) is 4.74 Å². The van der Waals surface area contributed by atoms with Crippen molar-refractivity contribution in [1.29, 1.82) is 0 Å². The summed E-state index contributed by atoms with van der Waals surface area (Å²) in [5.41, 5.74) is 1.01. The number of benzene rings is 1. The fourth-order valence-electron chi connectivity index (χ4n) is 1.63. The Labute approximate surface area is 117 Å². The fraction of sp³-hybridized carbons (Fsp3) is 0.214. The van der Waals surface area contributed by atoms with E-state index in [9.17, 15) is 4.79 Å². The molecule has 0 unspecified atom stereocenters. The monoisotopic (exact) mass is 272 g/mol. The van der Waals surface area contributed by atoms with Crippen molar-refractivity contribution in [2.24, 2.45) is 0 Å². The van der Waals surface area contributed by atoms with Crippen molar-refractivity contribution in [3.8, 4) is 0 Å². The van der Waals surface area contributed by atoms with Crippen LogP contribution < -0.4 is 10.2 Å². The molecular formula is C14H16N4O2. The van der Waals surface area contributed by atoms with Crippen LogP contribution in [0.1, 0.15) is 6.92 Å². The summed E-state index contributed by atoms with van der Waals surface area (Å²) in [5.74, 6) is 1.04. The molecule has 0 aliphatic rings. The van der Waals surface area contributed by atoms with Gasteiger partial charge in [-0.15, -0.1) is 10.2 Å². The molecule has 0 aliphatic heterocycles. The Bertz CT molecular complexity index is 557. The van der Waals surface area contributed by atoms with E-state index in [4.69, 9.17) is 4.74 Å². The molecule has 0 saturated heterocycles. The number of ether oxygens (including phenoxy) is 1. The lowest BCUT2D eigenvalue weighted by molar-refractivity contribution is 0.168. The van der Waals surface area contributed by atoms with E-state index in [-0.39, 0.29) is 0 Å². The number of carbonyl (C=O) groups excluding carboxylic acids is 1. The van der Waals surface area contributed by atoms with Gasteiger partial charge in [-0.2, -0.15) is 0 Å². The quantitative estimate of drug-likeness (QED) is 0.927. The number of carbonyl (C=O) groups is 1. The first-order valence-electron chi connectivity index (χ1n) is 6.27. The minimum atomic E-state index is -0.536. The fourth-order valence-corrected chi connectivity index (χ4v) is 1.63. The zero-order valence-electron chi connectivity index (χ0n) is 11.4. The molecule has 0 aliphatic carbocycles. The van der Waals surface area contributed by atoms with Gasteiger partial charge in [0.2, 0.25) is 0 Å². The van der Waals surface area contributed by atoms with Crippen molar-refractivity contribution >= 4 is 23.4 Å². The average Bonchev–Trinajstić information content (AvgIpc) is 2.48. The number of amides is 1. The molecule has 104 valence electrons. The van der Waals surface area contributed by atoms with E-state index in [1.165, 1.54) is 0 Å². The van der Waals surface area contributed by atoms with Crippen molar-refractivity contribution in [3.05, 3.63) is 42.5 Å². The van der Waals surface area contributed by atoms with E-state index in [0.29, 0.717) is 18.2 Å². The molecule has 0 radical (unpaired) electrons. The van der Waals surface area contributed by atoms with Crippen molar-refractivity contribution in [1.82, 2.24) is 10.2 Å². The summed E-state index contributed by atoms with van der Waals surface area (Å²) in [6, 6.07) is 13.3. The van der Waals surface area contributed by atoms with Gasteiger partial charge in [-0.25, -0.2) is 4.79 Å². The highest BCUT2D eigenvalue weighted by Crippen LogP contribution is 2.20. The summed E-state index contributed by atoms with van der Waals surface area (Å²) < 4.78 is 4.76. The SMILES string of the molecule is CCOC(=O)Nc1ccc(N(C)c2ccccc2)nn1. The largest absolute Gasteiger partial charge is 0.450 e. The molecule has 6 heteroatoms. The zero-order valence-corrected chi connectivity index (χ0v) is 11.4. The van der Waals surface area contributed by atoms with Crippen molar-refractivity contribution in [3.63, 3.8) is 0 Å². The van der Waals surface area contributed by atoms with Crippen LogP contribution in [0.25, 0.3) is 0 Å². The first kappa shape index (κ1) is 13.8. The van der Waals surface area contributed by atoms with Gasteiger partial charge in [0.05, 0.1) is 6.61 Å². The Kier molecular flexibility index (Phi) is 4.49. The van der Waals surface area contributed by atoms with Crippen molar-refractivity contribution in [2.75, 3.05) is 23.9 Å². The van der Waals surface area contributed by atoms with Gasteiger partial charge in [0.15, 0.2) is 11.6 Å². The highest BCUT2D eigenvalue weighted by Gasteiger charge is 2.07. The molecule has 0 spiro atoms. The van der Waals surface area contributed by atoms with Crippen LogP contribution in [-0.4, -0.2) is 29.9 Å². The second kappa shape index (κ2) is 6.51. The molecule has 1 aromatic heterocycles. The Morgan fingerprint density at radius 2 is 1.95 bits per heavy atom. The third-order valence-corrected chi connectivity index (χ3v) is 2.64. The van der Waals surface area contributed by atoms with Gasteiger partial charge in [-0.05, 0) is 31.2 Å². The lowest BCUT2D eigenvalue weighted by Gasteiger charge is -2.17. The first-order chi connectivity index (χ1) is 9.70. The highest BCUT2D eigenvalue weighted by molar-refractivity contribution is 5.83. The van der Waals surface area contributed by atoms with Crippen LogP contribution in [0.15, 0.2) is 42.5 Å². The van der Waals surface area contributed by atoms with Gasteiger partial charge in [0, 0.05) is 12.7 Å². The second-order valence-electron chi connectivity index (χ2n) is 4.02. The van der Waals surface area contributed by atoms with Gasteiger partial charge in [0.1, 0.15) is 0 Å². The van der Waals surface area contributed by atoms with Gasteiger partial charge in [-0.3, -0.25) is 5.32 Å². The molecule has 0 atom stereocenters. The molecule has 0 bridgehead atoms. The van der Waals surface area contributed by atoms with Crippen LogP contribution in [0.4, 0.5) is 22.1 Å². The number of nitrogens with zero attached hydrogens (tertiary/aromatic N) is 3. The van der Waals surface area contributed by atoms with E-state index in [0.717, 1.165) is 5.69 Å². The lowest BCUT2D eigenvalue weighted by Crippen LogP contribution is -2.16. The van der Waals surface area contributed by atoms with Crippen LogP contribution in [0.2, 0.25) is 0 Å². The third kappa shape index (κ3) is 3.44. The van der Waals surface area contributed by atoms with Gasteiger partial charge < -0.3 is 9.64 Å². The zero-order chi connectivity index (χ0) is 14.4. The number of nitrogens with one attached hydrogen (secondary N) is 1. The van der Waals surface area contributed by atoms with E-state index < -0.39 is 6.09 Å². The number of aromatic nitrogens is 2. The summed E-state index contributed by atoms with van der Waals surface area (Å²) in [6.07, 6.45) is -0.536. The maximum absolute atomic E-state index is 11.2. The summed E-state index contributed by atoms with van der Waals surface area (Å²) in [5, 5.41) is 10.5. The second-order valence-corrected chi connectivity index (χ2v) is 4.02. The normalized spacial score (nSPS) is 9.90. The Hall–Kier alpha value is -2.63. The van der Waals surface area contributed by atoms with E-state index in [1.54, 1.807) is 19.1 Å². The molecule has 0 saturated carbocycles. The van der Waals surface area contributed by atoms with Crippen LogP contribution in [0.5, 0.6) is 0 Å². The topological polar surface area (TPSA) is 67.3 Å². The van der Waals surface area contributed by atoms with Gasteiger partial charge in [-0.1, -0.05) is 18.2 Å². The predicted octanol–water partition coefficient (Wildman–Crippen LogP) is 2.81. The third-order valence-electron chi connectivity index (χ3n) is 2.64.